The number of esters is 1. The normalized spacial score (nSPS) is 22.5. The monoisotopic (exact) mass is 256 g/mol. The van der Waals surface area contributed by atoms with Gasteiger partial charge in [-0.1, -0.05) is 6.92 Å². The fourth-order valence-electron chi connectivity index (χ4n) is 1.98. The molecule has 1 unspecified atom stereocenters. The first kappa shape index (κ1) is 15.0. The Bertz CT molecular complexity index is 315. The zero-order valence-electron chi connectivity index (χ0n) is 11.7. The Kier molecular flexibility index (Phi) is 5.14. The van der Waals surface area contributed by atoms with Gasteiger partial charge in [0.05, 0.1) is 25.2 Å². The summed E-state index contributed by atoms with van der Waals surface area (Å²) in [7, 11) is 1.40. The molecule has 0 aromatic carbocycles. The number of nitrogens with zero attached hydrogens (tertiary/aromatic N) is 2. The van der Waals surface area contributed by atoms with E-state index in [2.05, 4.69) is 5.10 Å². The minimum absolute atomic E-state index is 0.0232. The quantitative estimate of drug-likeness (QED) is 0.594. The fraction of sp³-hybridized carbons (Fsp3) is 0.846. The second-order valence-corrected chi connectivity index (χ2v) is 5.41. The molecule has 1 fully saturated rings. The third-order valence-corrected chi connectivity index (χ3v) is 3.85. The lowest BCUT2D eigenvalue weighted by Gasteiger charge is -2.27. The zero-order valence-corrected chi connectivity index (χ0v) is 11.7. The zero-order chi connectivity index (χ0) is 13.8. The molecule has 2 atom stereocenters. The minimum Gasteiger partial charge on any atom is -0.469 e. The molecule has 0 spiro atoms. The van der Waals surface area contributed by atoms with Gasteiger partial charge in [0.15, 0.2) is 0 Å². The molecule has 5 heteroatoms. The van der Waals surface area contributed by atoms with Crippen LogP contribution < -0.4 is 0 Å². The number of hydrogen-bond donors (Lipinski definition) is 1. The van der Waals surface area contributed by atoms with E-state index >= 15 is 0 Å². The number of hydrogen-bond acceptors (Lipinski definition) is 5. The van der Waals surface area contributed by atoms with Crippen LogP contribution in [0.4, 0.5) is 0 Å². The molecule has 104 valence electrons. The van der Waals surface area contributed by atoms with Gasteiger partial charge in [-0.05, 0) is 26.7 Å². The molecule has 0 bridgehead atoms. The molecule has 18 heavy (non-hydrogen) atoms. The van der Waals surface area contributed by atoms with Crippen molar-refractivity contribution < 1.29 is 14.6 Å². The van der Waals surface area contributed by atoms with Crippen molar-refractivity contribution in [2.24, 2.45) is 16.4 Å². The van der Waals surface area contributed by atoms with E-state index in [9.17, 15) is 9.90 Å². The molecule has 0 radical (unpaired) electrons. The van der Waals surface area contributed by atoms with Crippen molar-refractivity contribution in [3.05, 3.63) is 0 Å². The average Bonchev–Trinajstić information content (AvgIpc) is 2.81. The molecule has 1 N–H and O–H groups in total. The second-order valence-electron chi connectivity index (χ2n) is 5.41. The van der Waals surface area contributed by atoms with Gasteiger partial charge in [-0.25, -0.2) is 0 Å². The molecule has 0 saturated carbocycles. The van der Waals surface area contributed by atoms with Crippen molar-refractivity contribution in [3.63, 3.8) is 0 Å². The number of carbonyl (C=O) groups excluding carboxylic acids is 1. The van der Waals surface area contributed by atoms with Gasteiger partial charge in [0.25, 0.3) is 0 Å². The van der Waals surface area contributed by atoms with Crippen LogP contribution >= 0.6 is 0 Å². The molecule has 1 aliphatic heterocycles. The second kappa shape index (κ2) is 6.18. The smallest absolute Gasteiger partial charge is 0.311 e. The molecule has 1 aliphatic rings. The number of methoxy groups -OCH3 is 1. The van der Waals surface area contributed by atoms with Crippen molar-refractivity contribution in [2.45, 2.75) is 39.7 Å². The topological polar surface area (TPSA) is 62.1 Å². The number of aliphatic hydroxyl groups is 1. The summed E-state index contributed by atoms with van der Waals surface area (Å²) in [6.07, 6.45) is 3.81. The van der Waals surface area contributed by atoms with Crippen LogP contribution in [-0.2, 0) is 9.53 Å². The molecule has 0 aliphatic carbocycles. The van der Waals surface area contributed by atoms with Crippen LogP contribution in [0.3, 0.4) is 0 Å². The maximum absolute atomic E-state index is 11.7. The molecular formula is C13H24N2O3. The third-order valence-electron chi connectivity index (χ3n) is 3.85. The van der Waals surface area contributed by atoms with E-state index < -0.39 is 5.41 Å². The van der Waals surface area contributed by atoms with Crippen molar-refractivity contribution in [2.75, 3.05) is 20.3 Å². The molecule has 0 aromatic heterocycles. The highest BCUT2D eigenvalue weighted by atomic mass is 16.5. The summed E-state index contributed by atoms with van der Waals surface area (Å²) in [5, 5.41) is 15.5. The predicted octanol–water partition coefficient (Wildman–Crippen LogP) is 1.26. The minimum atomic E-state index is -0.591. The largest absolute Gasteiger partial charge is 0.469 e. The first-order valence-electron chi connectivity index (χ1n) is 6.43. The van der Waals surface area contributed by atoms with Gasteiger partial charge in [0.1, 0.15) is 0 Å². The van der Waals surface area contributed by atoms with E-state index in [1.165, 1.54) is 7.11 Å². The van der Waals surface area contributed by atoms with Gasteiger partial charge in [-0.3, -0.25) is 9.80 Å². The van der Waals surface area contributed by atoms with Crippen LogP contribution in [0.1, 0.15) is 33.6 Å². The third kappa shape index (κ3) is 3.22. The van der Waals surface area contributed by atoms with E-state index in [4.69, 9.17) is 4.74 Å². The van der Waals surface area contributed by atoms with E-state index in [0.29, 0.717) is 0 Å². The number of carbonyl (C=O) groups is 1. The van der Waals surface area contributed by atoms with Crippen LogP contribution in [0.2, 0.25) is 0 Å². The molecule has 1 rings (SSSR count). The van der Waals surface area contributed by atoms with Crippen LogP contribution in [0.5, 0.6) is 0 Å². The lowest BCUT2D eigenvalue weighted by atomic mass is 9.81. The Morgan fingerprint density at radius 2 is 2.33 bits per heavy atom. The summed E-state index contributed by atoms with van der Waals surface area (Å²) in [4.78, 5) is 11.7. The predicted molar refractivity (Wildman–Crippen MR) is 70.3 cm³/mol. The summed E-state index contributed by atoms with van der Waals surface area (Å²) in [5.74, 6) is -0.258. The molecule has 1 saturated heterocycles. The summed E-state index contributed by atoms with van der Waals surface area (Å²) < 4.78 is 4.80. The highest BCUT2D eigenvalue weighted by Gasteiger charge is 2.34. The first-order chi connectivity index (χ1) is 8.43. The van der Waals surface area contributed by atoms with E-state index in [-0.39, 0.29) is 24.5 Å². The molecule has 1 heterocycles. The molecule has 0 amide bonds. The van der Waals surface area contributed by atoms with Crippen molar-refractivity contribution in [3.8, 4) is 0 Å². The fourth-order valence-corrected chi connectivity index (χ4v) is 1.98. The Morgan fingerprint density at radius 3 is 2.89 bits per heavy atom. The summed E-state index contributed by atoms with van der Waals surface area (Å²) >= 11 is 0. The first-order valence-corrected chi connectivity index (χ1v) is 6.43. The SMILES string of the molecule is COC(=O)C(C)(C)C(C)/C=N/N1CCC[C@H]1CO. The number of hydrazone groups is 1. The van der Waals surface area contributed by atoms with Gasteiger partial charge >= 0.3 is 5.97 Å². The van der Waals surface area contributed by atoms with Crippen molar-refractivity contribution >= 4 is 12.2 Å². The molecule has 0 aromatic rings. The Balaban J connectivity index is 2.63. The number of rotatable bonds is 5. The highest BCUT2D eigenvalue weighted by molar-refractivity contribution is 5.80. The molecular weight excluding hydrogens is 232 g/mol. The number of aliphatic hydroxyl groups excluding tert-OH is 1. The summed E-state index contributed by atoms with van der Waals surface area (Å²) in [6.45, 7) is 6.65. The van der Waals surface area contributed by atoms with Gasteiger partial charge in [0.2, 0.25) is 0 Å². The van der Waals surface area contributed by atoms with E-state index in [1.807, 2.05) is 25.8 Å². The van der Waals surface area contributed by atoms with E-state index in [0.717, 1.165) is 19.4 Å². The van der Waals surface area contributed by atoms with Crippen molar-refractivity contribution in [1.29, 1.82) is 0 Å². The van der Waals surface area contributed by atoms with Crippen LogP contribution in [0.15, 0.2) is 5.10 Å². The Morgan fingerprint density at radius 1 is 1.67 bits per heavy atom. The van der Waals surface area contributed by atoms with E-state index in [1.54, 1.807) is 6.21 Å². The summed E-state index contributed by atoms with van der Waals surface area (Å²) in [6, 6.07) is 0.120. The average molecular weight is 256 g/mol. The Hall–Kier alpha value is -1.10. The maximum atomic E-state index is 11.7. The van der Waals surface area contributed by atoms with Crippen molar-refractivity contribution in [1.82, 2.24) is 5.01 Å². The van der Waals surface area contributed by atoms with Gasteiger partial charge in [0, 0.05) is 18.7 Å². The highest BCUT2D eigenvalue weighted by Crippen LogP contribution is 2.27. The van der Waals surface area contributed by atoms with Gasteiger partial charge in [-0.15, -0.1) is 0 Å². The molecule has 5 nitrogen and oxygen atoms in total. The number of ether oxygens (including phenoxy) is 1. The lowest BCUT2D eigenvalue weighted by molar-refractivity contribution is -0.152. The standard InChI is InChI=1S/C13H24N2O3/c1-10(13(2,3)12(17)18-4)8-14-15-7-5-6-11(15)9-16/h8,10-11,16H,5-7,9H2,1-4H3/b14-8+/t10?,11-/m0/s1. The van der Waals surface area contributed by atoms with Crippen LogP contribution in [0, 0.1) is 11.3 Å². The van der Waals surface area contributed by atoms with Gasteiger partial charge in [-0.2, -0.15) is 5.10 Å². The lowest BCUT2D eigenvalue weighted by Crippen LogP contribution is -2.34. The van der Waals surface area contributed by atoms with Gasteiger partial charge < -0.3 is 9.84 Å². The van der Waals surface area contributed by atoms with Crippen LogP contribution in [0.25, 0.3) is 0 Å². The van der Waals surface area contributed by atoms with Crippen LogP contribution in [-0.4, -0.2) is 48.6 Å². The summed E-state index contributed by atoms with van der Waals surface area (Å²) in [5.41, 5.74) is -0.591. The maximum Gasteiger partial charge on any atom is 0.311 e. The Labute approximate surface area is 109 Å².